The summed E-state index contributed by atoms with van der Waals surface area (Å²) in [4.78, 5) is 15.0. The first-order valence-electron chi connectivity index (χ1n) is 20.9. The molecule has 0 amide bonds. The Balaban J connectivity index is -0.000000933. The molecule has 0 unspecified atom stereocenters. The lowest BCUT2D eigenvalue weighted by atomic mass is 10.3. The molecule has 18 nitrogen and oxygen atoms in total. The van der Waals surface area contributed by atoms with Crippen molar-refractivity contribution < 1.29 is 53.1 Å². The molecule has 0 heterocycles. The van der Waals surface area contributed by atoms with E-state index in [9.17, 15) is 0 Å². The van der Waals surface area contributed by atoms with Crippen molar-refractivity contribution >= 4 is 47.2 Å². The van der Waals surface area contributed by atoms with Crippen LogP contribution in [0, 0.1) is 0 Å². The molecule has 2 N–H and O–H groups in total. The molecule has 0 rings (SSSR count). The summed E-state index contributed by atoms with van der Waals surface area (Å²) in [5.41, 5.74) is 0. The van der Waals surface area contributed by atoms with E-state index in [4.69, 9.17) is 58.1 Å². The normalized spacial score (nSPS) is 12.6. The molecular weight excluding hydrogens is 845 g/mol. The number of guanidine groups is 1. The quantitative estimate of drug-likeness (QED) is 0.0365. The van der Waals surface area contributed by atoms with E-state index in [1.54, 1.807) is 85.3 Å². The monoisotopic (exact) mass is 935 g/mol. The lowest BCUT2D eigenvalue weighted by Crippen LogP contribution is -2.48. The maximum absolute atomic E-state index is 5.56. The maximum Gasteiger partial charge on any atom is 0.500 e. The van der Waals surface area contributed by atoms with Crippen LogP contribution in [0.3, 0.4) is 0 Å². The molecule has 0 spiro atoms. The lowest BCUT2D eigenvalue weighted by Gasteiger charge is -2.31. The number of hydrogen-bond acceptors (Lipinski definition) is 16. The average Bonchev–Trinajstić information content (AvgIpc) is 3.23. The van der Waals surface area contributed by atoms with Crippen LogP contribution in [0.25, 0.3) is 0 Å². The third-order valence-corrected chi connectivity index (χ3v) is 20.3. The predicted octanol–water partition coefficient (Wildman–Crippen LogP) is 5.68. The van der Waals surface area contributed by atoms with Crippen molar-refractivity contribution in [1.29, 1.82) is 0 Å². The lowest BCUT2D eigenvalue weighted by molar-refractivity contribution is 0.121. The minimum atomic E-state index is -2.60. The zero-order valence-electron chi connectivity index (χ0n) is 41.5. The van der Waals surface area contributed by atoms with Crippen molar-refractivity contribution in [2.24, 2.45) is 15.0 Å². The Morgan fingerprint density at radius 2 is 0.733 bits per heavy atom. The second-order valence-electron chi connectivity index (χ2n) is 14.7. The highest BCUT2D eigenvalue weighted by atomic mass is 28.4. The van der Waals surface area contributed by atoms with Crippen LogP contribution >= 0.6 is 0 Å². The first-order valence-corrected chi connectivity index (χ1v) is 28.7. The van der Waals surface area contributed by atoms with Gasteiger partial charge in [-0.3, -0.25) is 4.99 Å². The Kier molecular flexibility index (Phi) is 39.4. The van der Waals surface area contributed by atoms with Gasteiger partial charge in [0.15, 0.2) is 5.96 Å². The van der Waals surface area contributed by atoms with Gasteiger partial charge in [-0.1, -0.05) is 0 Å². The second-order valence-corrected chi connectivity index (χ2v) is 27.1. The standard InChI is InChI=1S/C19H45N3O6Si2.C12H31NO6Si2.C7H14N2/c1-17(2)20-19(21-18(3)4)22(13-11-15-29(23-5,24-6)25-7)14-12-16-30(26-8,27-9)28-10;1-14-20(15-2,16-3)11-7-9-13-10-8-12-21(17-4,18-5)19-6;1-6(2)8-5-9-7(3)4/h17-18H,11-16H2,1-10H3,(H,20,21);13H,7-12H2,1-6H3;6-7H,1-4H3. The van der Waals surface area contributed by atoms with E-state index >= 15 is 0 Å². The van der Waals surface area contributed by atoms with Crippen molar-refractivity contribution in [1.82, 2.24) is 15.5 Å². The summed E-state index contributed by atoms with van der Waals surface area (Å²) < 4.78 is 65.6. The number of aliphatic imine (C=N–C) groups is 3. The van der Waals surface area contributed by atoms with Crippen molar-refractivity contribution in [3.63, 3.8) is 0 Å². The summed E-state index contributed by atoms with van der Waals surface area (Å²) in [6.07, 6.45) is 3.62. The molecule has 360 valence electrons. The zero-order valence-corrected chi connectivity index (χ0v) is 45.5. The number of nitrogens with one attached hydrogen (secondary N) is 2. The largest absolute Gasteiger partial charge is 0.500 e. The first-order chi connectivity index (χ1) is 28.4. The summed E-state index contributed by atoms with van der Waals surface area (Å²) in [6, 6.07) is 6.79. The Hall–Kier alpha value is -1.00. The smallest absolute Gasteiger partial charge is 0.377 e. The zero-order chi connectivity index (χ0) is 46.7. The number of hydrogen-bond donors (Lipinski definition) is 2. The summed E-state index contributed by atoms with van der Waals surface area (Å²) in [6.45, 7) is 19.8. The highest BCUT2D eigenvalue weighted by Gasteiger charge is 2.40. The topological polar surface area (TPSA) is 175 Å². The Bertz CT molecular complexity index is 1000. The van der Waals surface area contributed by atoms with Gasteiger partial charge >= 0.3 is 35.2 Å². The molecule has 0 aliphatic heterocycles. The molecular formula is C38H90N6O12Si4. The first kappa shape index (κ1) is 63.3. The van der Waals surface area contributed by atoms with Gasteiger partial charge in [0.25, 0.3) is 0 Å². The fraction of sp³-hybridized carbons (Fsp3) is 0.947. The van der Waals surface area contributed by atoms with E-state index in [1.165, 1.54) is 0 Å². The van der Waals surface area contributed by atoms with Crippen LogP contribution in [0.15, 0.2) is 15.0 Å². The summed E-state index contributed by atoms with van der Waals surface area (Å²) in [5, 5.41) is 6.89. The van der Waals surface area contributed by atoms with Crippen molar-refractivity contribution in [3.8, 4) is 0 Å². The second kappa shape index (κ2) is 37.4. The molecule has 0 bridgehead atoms. The van der Waals surface area contributed by atoms with Gasteiger partial charge in [0, 0.05) is 135 Å². The van der Waals surface area contributed by atoms with Crippen molar-refractivity contribution in [2.45, 2.75) is 129 Å². The Morgan fingerprint density at radius 3 is 0.967 bits per heavy atom. The van der Waals surface area contributed by atoms with Gasteiger partial charge in [-0.2, -0.15) is 0 Å². The van der Waals surface area contributed by atoms with E-state index in [0.717, 1.165) is 82.0 Å². The van der Waals surface area contributed by atoms with Gasteiger partial charge in [0.05, 0.1) is 18.1 Å². The summed E-state index contributed by atoms with van der Waals surface area (Å²) in [7, 11) is 9.64. The van der Waals surface area contributed by atoms with E-state index in [0.29, 0.717) is 12.1 Å². The van der Waals surface area contributed by atoms with Gasteiger partial charge in [-0.15, -0.1) is 0 Å². The van der Waals surface area contributed by atoms with Crippen LogP contribution < -0.4 is 10.6 Å². The molecule has 0 saturated heterocycles. The number of rotatable bonds is 32. The molecule has 0 radical (unpaired) electrons. The average molecular weight is 936 g/mol. The van der Waals surface area contributed by atoms with E-state index in [2.05, 4.69) is 59.2 Å². The predicted molar refractivity (Wildman–Crippen MR) is 250 cm³/mol. The fourth-order valence-electron chi connectivity index (χ4n) is 5.48. The fourth-order valence-corrected chi connectivity index (χ4v) is 12.3. The van der Waals surface area contributed by atoms with Crippen molar-refractivity contribution in [2.75, 3.05) is 111 Å². The molecule has 60 heavy (non-hydrogen) atoms. The third-order valence-electron chi connectivity index (χ3n) is 8.96. The summed E-state index contributed by atoms with van der Waals surface area (Å²) in [5.74, 6) is 0.902. The molecule has 0 atom stereocenters. The third kappa shape index (κ3) is 28.6. The van der Waals surface area contributed by atoms with E-state index in [-0.39, 0.29) is 12.1 Å². The molecule has 0 aliphatic rings. The van der Waals surface area contributed by atoms with Crippen LogP contribution in [0.4, 0.5) is 0 Å². The molecule has 0 fully saturated rings. The molecule has 22 heteroatoms. The Morgan fingerprint density at radius 1 is 0.450 bits per heavy atom. The molecule has 0 aromatic heterocycles. The summed E-state index contributed by atoms with van der Waals surface area (Å²) >= 11 is 0. The van der Waals surface area contributed by atoms with Gasteiger partial charge in [-0.25, -0.2) is 9.98 Å². The van der Waals surface area contributed by atoms with Gasteiger partial charge in [-0.05, 0) is 94.2 Å². The number of nitrogens with zero attached hydrogens (tertiary/aromatic N) is 4. The molecule has 0 saturated carbocycles. The van der Waals surface area contributed by atoms with Crippen LogP contribution in [-0.2, 0) is 53.1 Å². The van der Waals surface area contributed by atoms with Crippen LogP contribution in [0.1, 0.15) is 81.1 Å². The van der Waals surface area contributed by atoms with Gasteiger partial charge < -0.3 is 68.6 Å². The van der Waals surface area contributed by atoms with E-state index < -0.39 is 35.2 Å². The van der Waals surface area contributed by atoms with Gasteiger partial charge in [0.1, 0.15) is 0 Å². The van der Waals surface area contributed by atoms with E-state index in [1.807, 2.05) is 27.7 Å². The SMILES string of the molecule is CC(C)N=C=NC(C)C.CO[Si](CCCN(CCC[Si](OC)(OC)OC)C(=NC(C)C)NC(C)C)(OC)OC.CO[Si](CCCNCCC[Si](OC)(OC)OC)(OC)OC. The van der Waals surface area contributed by atoms with Gasteiger partial charge in [0.2, 0.25) is 0 Å². The van der Waals surface area contributed by atoms with Crippen molar-refractivity contribution in [3.05, 3.63) is 0 Å². The van der Waals surface area contributed by atoms with Crippen LogP contribution in [0.2, 0.25) is 24.2 Å². The van der Waals surface area contributed by atoms with Crippen LogP contribution in [0.5, 0.6) is 0 Å². The molecule has 0 aromatic rings. The van der Waals surface area contributed by atoms with Crippen LogP contribution in [-0.4, -0.2) is 188 Å². The minimum absolute atomic E-state index is 0.185. The maximum atomic E-state index is 5.56. The minimum Gasteiger partial charge on any atom is -0.377 e. The highest BCUT2D eigenvalue weighted by molar-refractivity contribution is 6.61. The Labute approximate surface area is 370 Å². The highest BCUT2D eigenvalue weighted by Crippen LogP contribution is 2.19. The molecule has 0 aromatic carbocycles. The molecule has 0 aliphatic carbocycles.